The molecule has 2 N–H and O–H groups in total. The molecule has 3 unspecified atom stereocenters. The molecule has 0 spiro atoms. The van der Waals surface area contributed by atoms with E-state index in [9.17, 15) is 14.4 Å². The number of hydrogen-bond acceptors (Lipinski definition) is 4. The molecule has 2 heterocycles. The van der Waals surface area contributed by atoms with Crippen molar-refractivity contribution in [2.75, 3.05) is 13.2 Å². The van der Waals surface area contributed by atoms with E-state index in [4.69, 9.17) is 14.0 Å². The topological polar surface area (TPSA) is 91.8 Å². The lowest BCUT2D eigenvalue weighted by atomic mass is 9.87. The fourth-order valence-corrected chi connectivity index (χ4v) is 3.45. The smallest absolute Gasteiger partial charge is 0.373 e. The third-order valence-corrected chi connectivity index (χ3v) is 4.48. The number of benzene rings is 1. The maximum absolute atomic E-state index is 11.4. The molecule has 7 heteroatoms. The summed E-state index contributed by atoms with van der Waals surface area (Å²) in [6.45, 7) is 1.09. The molecule has 1 aromatic carbocycles. The molecule has 2 aliphatic rings. The predicted molar refractivity (Wildman–Crippen MR) is 74.7 cm³/mol. The summed E-state index contributed by atoms with van der Waals surface area (Å²) in [4.78, 5) is 18.5. The Morgan fingerprint density at radius 2 is 1.90 bits per heavy atom. The Morgan fingerprint density at radius 1 is 1.24 bits per heavy atom. The molecule has 0 saturated carbocycles. The van der Waals surface area contributed by atoms with Gasteiger partial charge in [0.2, 0.25) is 0 Å². The first-order chi connectivity index (χ1) is 9.97. The van der Waals surface area contributed by atoms with Crippen molar-refractivity contribution in [3.05, 3.63) is 35.9 Å². The molecule has 0 aromatic heterocycles. The van der Waals surface area contributed by atoms with Crippen LogP contribution >= 0.6 is 7.82 Å². The molecular formula is C14H19O6P. The molecule has 1 aromatic rings. The van der Waals surface area contributed by atoms with Gasteiger partial charge in [0.25, 0.3) is 0 Å². The first-order valence-corrected chi connectivity index (χ1v) is 8.53. The van der Waals surface area contributed by atoms with Crippen molar-refractivity contribution in [1.29, 1.82) is 0 Å². The molecule has 2 aliphatic heterocycles. The average Bonchev–Trinajstić information content (AvgIpc) is 3.27. The van der Waals surface area contributed by atoms with Gasteiger partial charge in [-0.2, -0.15) is 0 Å². The lowest BCUT2D eigenvalue weighted by Crippen LogP contribution is -2.40. The van der Waals surface area contributed by atoms with Gasteiger partial charge < -0.3 is 19.3 Å². The van der Waals surface area contributed by atoms with Gasteiger partial charge >= 0.3 is 7.82 Å². The van der Waals surface area contributed by atoms with Crippen LogP contribution in [0.3, 0.4) is 0 Å². The molecule has 0 bridgehead atoms. The highest BCUT2D eigenvalue weighted by atomic mass is 31.2. The molecule has 2 saturated heterocycles. The van der Waals surface area contributed by atoms with Crippen LogP contribution < -0.4 is 0 Å². The third kappa shape index (κ3) is 4.36. The van der Waals surface area contributed by atoms with Gasteiger partial charge in [0.15, 0.2) is 0 Å². The Balaban J connectivity index is 1.74. The van der Waals surface area contributed by atoms with E-state index in [1.165, 1.54) is 0 Å². The van der Waals surface area contributed by atoms with E-state index in [-0.39, 0.29) is 12.2 Å². The molecule has 2 fully saturated rings. The summed E-state index contributed by atoms with van der Waals surface area (Å²) in [5.74, 6) is 0. The second kappa shape index (κ2) is 5.80. The molecule has 116 valence electrons. The molecule has 3 rings (SSSR count). The van der Waals surface area contributed by atoms with Gasteiger partial charge in [0.05, 0.1) is 19.3 Å². The van der Waals surface area contributed by atoms with E-state index in [1.54, 1.807) is 0 Å². The average molecular weight is 314 g/mol. The molecule has 3 atom stereocenters. The summed E-state index contributed by atoms with van der Waals surface area (Å²) in [7, 11) is -4.59. The molecule has 0 aliphatic carbocycles. The van der Waals surface area contributed by atoms with Crippen LogP contribution in [-0.4, -0.2) is 40.8 Å². The lowest BCUT2D eigenvalue weighted by Gasteiger charge is -2.32. The fraction of sp³-hybridized carbons (Fsp3) is 0.571. The zero-order valence-corrected chi connectivity index (χ0v) is 12.4. The molecule has 6 nitrogen and oxygen atoms in total. The predicted octanol–water partition coefficient (Wildman–Crippen LogP) is 1.65. The quantitative estimate of drug-likeness (QED) is 0.560. The van der Waals surface area contributed by atoms with Gasteiger partial charge in [-0.1, -0.05) is 30.3 Å². The summed E-state index contributed by atoms with van der Waals surface area (Å²) in [5, 5.41) is 0. The number of phosphoric ester groups is 1. The fourth-order valence-electron chi connectivity index (χ4n) is 2.70. The number of phosphoric acid groups is 1. The van der Waals surface area contributed by atoms with Gasteiger partial charge in [-0.3, -0.25) is 4.52 Å². The monoisotopic (exact) mass is 314 g/mol. The Labute approximate surface area is 123 Å². The minimum Gasteiger partial charge on any atom is -0.373 e. The van der Waals surface area contributed by atoms with Crippen LogP contribution in [0, 0.1) is 0 Å². The van der Waals surface area contributed by atoms with Crippen molar-refractivity contribution < 1.29 is 28.3 Å². The summed E-state index contributed by atoms with van der Waals surface area (Å²) < 4.78 is 27.1. The van der Waals surface area contributed by atoms with Crippen LogP contribution in [0.4, 0.5) is 0 Å². The number of hydrogen-bond donors (Lipinski definition) is 2. The number of rotatable bonds is 8. The van der Waals surface area contributed by atoms with Gasteiger partial charge in [-0.15, -0.1) is 0 Å². The van der Waals surface area contributed by atoms with Crippen LogP contribution in [0.1, 0.15) is 18.4 Å². The number of epoxide rings is 2. The van der Waals surface area contributed by atoms with Crippen LogP contribution in [0.5, 0.6) is 0 Å². The second-order valence-corrected chi connectivity index (χ2v) is 6.78. The minimum atomic E-state index is -4.59. The Bertz CT molecular complexity index is 522. The van der Waals surface area contributed by atoms with Crippen LogP contribution in [0.25, 0.3) is 0 Å². The Kier molecular flexibility index (Phi) is 4.19. The molecular weight excluding hydrogens is 295 g/mol. The largest absolute Gasteiger partial charge is 0.470 e. The number of aryl methyl sites for hydroxylation is 1. The van der Waals surface area contributed by atoms with E-state index >= 15 is 0 Å². The summed E-state index contributed by atoms with van der Waals surface area (Å²) in [6.07, 6.45) is 1.37. The maximum Gasteiger partial charge on any atom is 0.470 e. The van der Waals surface area contributed by atoms with Crippen molar-refractivity contribution in [2.24, 2.45) is 0 Å². The third-order valence-electron chi connectivity index (χ3n) is 3.88. The highest BCUT2D eigenvalue weighted by Gasteiger charge is 2.53. The molecule has 21 heavy (non-hydrogen) atoms. The van der Waals surface area contributed by atoms with Crippen LogP contribution in [0.15, 0.2) is 30.3 Å². The van der Waals surface area contributed by atoms with Gasteiger partial charge in [-0.25, -0.2) is 4.57 Å². The van der Waals surface area contributed by atoms with E-state index in [0.29, 0.717) is 32.5 Å². The Hall–Kier alpha value is -0.750. The zero-order chi connectivity index (χ0) is 14.9. The normalized spacial score (nSPS) is 27.1. The second-order valence-electron chi connectivity index (χ2n) is 5.61. The van der Waals surface area contributed by atoms with Gasteiger partial charge in [0.1, 0.15) is 11.7 Å². The lowest BCUT2D eigenvalue weighted by molar-refractivity contribution is -0.00928. The van der Waals surface area contributed by atoms with Crippen molar-refractivity contribution in [3.8, 4) is 0 Å². The standard InChI is InChI=1S/C14H19O6P/c15-21(16,17)20-14(13-10-19-13,8-12-9-18-12)7-6-11-4-2-1-3-5-11/h1-5,12-13H,6-10H2,(H2,15,16,17). The zero-order valence-electron chi connectivity index (χ0n) is 11.6. The van der Waals surface area contributed by atoms with Crippen LogP contribution in [0.2, 0.25) is 0 Å². The van der Waals surface area contributed by atoms with Crippen molar-refractivity contribution in [2.45, 2.75) is 37.1 Å². The first-order valence-electron chi connectivity index (χ1n) is 7.00. The molecule has 0 radical (unpaired) electrons. The molecule has 0 amide bonds. The maximum atomic E-state index is 11.4. The van der Waals surface area contributed by atoms with Crippen molar-refractivity contribution in [1.82, 2.24) is 0 Å². The van der Waals surface area contributed by atoms with Crippen molar-refractivity contribution >= 4 is 7.82 Å². The summed E-state index contributed by atoms with van der Waals surface area (Å²) in [6, 6.07) is 9.80. The summed E-state index contributed by atoms with van der Waals surface area (Å²) in [5.41, 5.74) is 0.129. The minimum absolute atomic E-state index is 0.0107. The van der Waals surface area contributed by atoms with E-state index in [2.05, 4.69) is 0 Å². The SMILES string of the molecule is O=P(O)(O)OC(CCc1ccccc1)(CC1CO1)C1CO1. The van der Waals surface area contributed by atoms with E-state index in [1.807, 2.05) is 30.3 Å². The van der Waals surface area contributed by atoms with Crippen molar-refractivity contribution in [3.63, 3.8) is 0 Å². The highest BCUT2D eigenvalue weighted by Crippen LogP contribution is 2.50. The summed E-state index contributed by atoms with van der Waals surface area (Å²) >= 11 is 0. The number of ether oxygens (including phenoxy) is 2. The van der Waals surface area contributed by atoms with Gasteiger partial charge in [0, 0.05) is 6.42 Å². The van der Waals surface area contributed by atoms with E-state index < -0.39 is 13.4 Å². The van der Waals surface area contributed by atoms with Crippen LogP contribution in [-0.2, 0) is 25.0 Å². The first kappa shape index (κ1) is 15.2. The van der Waals surface area contributed by atoms with E-state index in [0.717, 1.165) is 5.56 Å². The highest BCUT2D eigenvalue weighted by molar-refractivity contribution is 7.46. The Morgan fingerprint density at radius 3 is 2.43 bits per heavy atom. The van der Waals surface area contributed by atoms with Gasteiger partial charge in [-0.05, 0) is 18.4 Å².